The smallest absolute Gasteiger partial charge is 0.354 e. The van der Waals surface area contributed by atoms with Crippen LogP contribution in [0.2, 0.25) is 5.02 Å². The third kappa shape index (κ3) is 7.07. The van der Waals surface area contributed by atoms with Crippen molar-refractivity contribution in [2.24, 2.45) is 0 Å². The molecule has 0 aliphatic heterocycles. The number of ether oxygens (including phenoxy) is 2. The first-order valence-electron chi connectivity index (χ1n) is 11.9. The number of benzene rings is 2. The van der Waals surface area contributed by atoms with E-state index >= 15 is 0 Å². The van der Waals surface area contributed by atoms with Gasteiger partial charge < -0.3 is 14.8 Å². The van der Waals surface area contributed by atoms with Gasteiger partial charge in [0.05, 0.1) is 13.7 Å². The lowest BCUT2D eigenvalue weighted by Gasteiger charge is -2.16. The summed E-state index contributed by atoms with van der Waals surface area (Å²) in [7, 11) is 1.32. The predicted molar refractivity (Wildman–Crippen MR) is 143 cm³/mol. The average Bonchev–Trinajstić information content (AvgIpc) is 2.93. The molecule has 0 aliphatic carbocycles. The van der Waals surface area contributed by atoms with Crippen molar-refractivity contribution < 1.29 is 14.3 Å². The minimum Gasteiger partial charge on any atom is -0.469 e. The molecule has 0 bridgehead atoms. The summed E-state index contributed by atoms with van der Waals surface area (Å²) in [5, 5.41) is 3.64. The number of pyridine rings is 1. The molecule has 0 saturated carbocycles. The van der Waals surface area contributed by atoms with E-state index in [0.29, 0.717) is 35.2 Å². The number of anilines is 2. The summed E-state index contributed by atoms with van der Waals surface area (Å²) in [5.41, 5.74) is 0.204. The van der Waals surface area contributed by atoms with Gasteiger partial charge in [0, 0.05) is 35.9 Å². The quantitative estimate of drug-likeness (QED) is 0.222. The highest BCUT2D eigenvalue weighted by atomic mass is 35.5. The van der Waals surface area contributed by atoms with Gasteiger partial charge in [0.15, 0.2) is 0 Å². The summed E-state index contributed by atoms with van der Waals surface area (Å²) < 4.78 is 12.8. The van der Waals surface area contributed by atoms with Gasteiger partial charge >= 0.3 is 17.3 Å². The van der Waals surface area contributed by atoms with E-state index in [4.69, 9.17) is 16.3 Å². The second-order valence-corrected chi connectivity index (χ2v) is 8.75. The van der Waals surface area contributed by atoms with Crippen LogP contribution in [0.3, 0.4) is 0 Å². The molecule has 0 spiro atoms. The number of rotatable bonds is 11. The standard InChI is InChI=1S/C27H26ClN5O5/c1-37-24(34)7-3-5-17-32-26(35)31-25(33(27(32)36)18-19-8-10-20(28)11-9-19)30-21-12-14-22(15-13-21)38-23-6-2-4-16-29-23/h2,4,6,8-16H,3,5,7,17-18H2,1H3,(H,30,31,35). The van der Waals surface area contributed by atoms with Crippen molar-refractivity contribution in [2.45, 2.75) is 32.4 Å². The molecule has 0 saturated heterocycles. The molecule has 0 amide bonds. The van der Waals surface area contributed by atoms with Crippen LogP contribution in [0.25, 0.3) is 0 Å². The summed E-state index contributed by atoms with van der Waals surface area (Å²) in [5.74, 6) is 0.788. The lowest BCUT2D eigenvalue weighted by Crippen LogP contribution is -2.42. The Labute approximate surface area is 223 Å². The fourth-order valence-electron chi connectivity index (χ4n) is 3.64. The van der Waals surface area contributed by atoms with Crippen molar-refractivity contribution in [1.29, 1.82) is 0 Å². The van der Waals surface area contributed by atoms with Crippen molar-refractivity contribution in [3.8, 4) is 11.6 Å². The SMILES string of the molecule is COC(=O)CCCCn1c(=O)nc(Nc2ccc(Oc3ccccn3)cc2)n(Cc2ccc(Cl)cc2)c1=O. The van der Waals surface area contributed by atoms with E-state index in [2.05, 4.69) is 20.0 Å². The fraction of sp³-hybridized carbons (Fsp3) is 0.222. The topological polar surface area (TPSA) is 117 Å². The van der Waals surface area contributed by atoms with Crippen LogP contribution >= 0.6 is 11.6 Å². The predicted octanol–water partition coefficient (Wildman–Crippen LogP) is 4.38. The molecule has 10 nitrogen and oxygen atoms in total. The maximum absolute atomic E-state index is 13.4. The molecular weight excluding hydrogens is 510 g/mol. The van der Waals surface area contributed by atoms with Gasteiger partial charge in [-0.2, -0.15) is 4.98 Å². The molecule has 4 rings (SSSR count). The van der Waals surface area contributed by atoms with Crippen LogP contribution in [-0.2, 0) is 22.6 Å². The number of nitrogens with one attached hydrogen (secondary N) is 1. The van der Waals surface area contributed by atoms with Crippen molar-refractivity contribution in [1.82, 2.24) is 19.1 Å². The summed E-state index contributed by atoms with van der Waals surface area (Å²) in [4.78, 5) is 45.9. The van der Waals surface area contributed by atoms with E-state index in [1.807, 2.05) is 6.07 Å². The Bertz CT molecular complexity index is 1490. The lowest BCUT2D eigenvalue weighted by atomic mass is 10.2. The second-order valence-electron chi connectivity index (χ2n) is 8.32. The van der Waals surface area contributed by atoms with E-state index in [1.54, 1.807) is 66.9 Å². The van der Waals surface area contributed by atoms with Gasteiger partial charge in [-0.05, 0) is 60.9 Å². The fourth-order valence-corrected chi connectivity index (χ4v) is 3.76. The third-order valence-electron chi connectivity index (χ3n) is 5.61. The van der Waals surface area contributed by atoms with Crippen LogP contribution in [-0.4, -0.2) is 32.2 Å². The largest absolute Gasteiger partial charge is 0.469 e. The molecule has 38 heavy (non-hydrogen) atoms. The van der Waals surface area contributed by atoms with Gasteiger partial charge in [0.2, 0.25) is 11.8 Å². The van der Waals surface area contributed by atoms with Crippen molar-refractivity contribution in [3.63, 3.8) is 0 Å². The molecule has 0 aliphatic rings. The van der Waals surface area contributed by atoms with Crippen LogP contribution in [0.4, 0.5) is 11.6 Å². The molecule has 0 unspecified atom stereocenters. The number of unbranched alkanes of at least 4 members (excludes halogenated alkanes) is 1. The first-order chi connectivity index (χ1) is 18.4. The van der Waals surface area contributed by atoms with Crippen LogP contribution in [0.1, 0.15) is 24.8 Å². The third-order valence-corrected chi connectivity index (χ3v) is 5.87. The second kappa shape index (κ2) is 12.7. The first-order valence-corrected chi connectivity index (χ1v) is 12.3. The van der Waals surface area contributed by atoms with E-state index in [9.17, 15) is 14.4 Å². The molecule has 2 aromatic carbocycles. The van der Waals surface area contributed by atoms with E-state index in [-0.39, 0.29) is 31.4 Å². The summed E-state index contributed by atoms with van der Waals surface area (Å²) in [6, 6.07) is 19.4. The number of methoxy groups -OCH3 is 1. The molecule has 2 aromatic heterocycles. The molecule has 11 heteroatoms. The molecule has 1 N–H and O–H groups in total. The lowest BCUT2D eigenvalue weighted by molar-refractivity contribution is -0.140. The van der Waals surface area contributed by atoms with Gasteiger partial charge in [0.25, 0.3) is 0 Å². The minimum atomic E-state index is -0.682. The Balaban J connectivity index is 1.58. The van der Waals surface area contributed by atoms with Gasteiger partial charge in [-0.3, -0.25) is 9.36 Å². The Morgan fingerprint density at radius 1 is 0.974 bits per heavy atom. The first kappa shape index (κ1) is 26.6. The van der Waals surface area contributed by atoms with Gasteiger partial charge in [0.1, 0.15) is 5.75 Å². The maximum atomic E-state index is 13.4. The zero-order chi connectivity index (χ0) is 26.9. The Hall–Kier alpha value is -4.44. The molecule has 0 atom stereocenters. The zero-order valence-corrected chi connectivity index (χ0v) is 21.4. The van der Waals surface area contributed by atoms with Gasteiger partial charge in [-0.25, -0.2) is 19.1 Å². The van der Waals surface area contributed by atoms with Crippen molar-refractivity contribution in [3.05, 3.63) is 104 Å². The summed E-state index contributed by atoms with van der Waals surface area (Å²) in [6.07, 6.45) is 2.76. The van der Waals surface area contributed by atoms with Gasteiger partial charge in [-0.1, -0.05) is 29.8 Å². The molecular formula is C27H26ClN5O5. The van der Waals surface area contributed by atoms with Gasteiger partial charge in [-0.15, -0.1) is 0 Å². The number of hydrogen-bond donors (Lipinski definition) is 1. The summed E-state index contributed by atoms with van der Waals surface area (Å²) >= 11 is 6.01. The zero-order valence-electron chi connectivity index (χ0n) is 20.7. The Kier molecular flexibility index (Phi) is 8.89. The molecule has 4 aromatic rings. The summed E-state index contributed by atoms with van der Waals surface area (Å²) in [6.45, 7) is 0.288. The van der Waals surface area contributed by atoms with Crippen LogP contribution in [0.15, 0.2) is 82.5 Å². The van der Waals surface area contributed by atoms with E-state index in [0.717, 1.165) is 10.1 Å². The van der Waals surface area contributed by atoms with Crippen LogP contribution in [0.5, 0.6) is 11.6 Å². The number of aromatic nitrogens is 4. The van der Waals surface area contributed by atoms with Crippen LogP contribution in [0, 0.1) is 0 Å². The van der Waals surface area contributed by atoms with Crippen molar-refractivity contribution in [2.75, 3.05) is 12.4 Å². The normalized spacial score (nSPS) is 10.7. The number of carbonyl (C=O) groups is 1. The number of nitrogens with zero attached hydrogens (tertiary/aromatic N) is 4. The molecule has 196 valence electrons. The average molecular weight is 536 g/mol. The molecule has 0 radical (unpaired) electrons. The van der Waals surface area contributed by atoms with E-state index in [1.165, 1.54) is 11.7 Å². The highest BCUT2D eigenvalue weighted by Crippen LogP contribution is 2.22. The molecule has 0 fully saturated rings. The number of carbonyl (C=O) groups excluding carboxylic acids is 1. The minimum absolute atomic E-state index is 0.0964. The Morgan fingerprint density at radius 2 is 1.74 bits per heavy atom. The number of hydrogen-bond acceptors (Lipinski definition) is 8. The highest BCUT2D eigenvalue weighted by Gasteiger charge is 2.15. The van der Waals surface area contributed by atoms with E-state index < -0.39 is 11.4 Å². The molecule has 2 heterocycles. The maximum Gasteiger partial charge on any atom is 0.354 e. The number of esters is 1. The van der Waals surface area contributed by atoms with Crippen LogP contribution < -0.4 is 21.4 Å². The Morgan fingerprint density at radius 3 is 2.42 bits per heavy atom. The highest BCUT2D eigenvalue weighted by molar-refractivity contribution is 6.30. The number of halogens is 1. The van der Waals surface area contributed by atoms with Crippen molar-refractivity contribution >= 4 is 29.2 Å². The monoisotopic (exact) mass is 535 g/mol.